The van der Waals surface area contributed by atoms with Gasteiger partial charge < -0.3 is 24.8 Å². The average Bonchev–Trinajstić information content (AvgIpc) is 2.08. The Morgan fingerprint density at radius 2 is 2.17 bits per heavy atom. The van der Waals surface area contributed by atoms with E-state index in [2.05, 4.69) is 0 Å². The molecular weight excluding hydrogens is 164 g/mol. The highest BCUT2D eigenvalue weighted by atomic mass is 16.6. The second kappa shape index (κ2) is 4.15. The van der Waals surface area contributed by atoms with Gasteiger partial charge in [0.25, 0.3) is 0 Å². The molecule has 4 atom stereocenters. The van der Waals surface area contributed by atoms with Gasteiger partial charge in [0.15, 0.2) is 6.29 Å². The van der Waals surface area contributed by atoms with E-state index in [0.29, 0.717) is 0 Å². The molecule has 0 bridgehead atoms. The largest absolute Gasteiger partial charge is 0.394 e. The second-order valence-corrected chi connectivity index (χ2v) is 2.82. The summed E-state index contributed by atoms with van der Waals surface area (Å²) in [6, 6.07) is 0. The van der Waals surface area contributed by atoms with E-state index >= 15 is 0 Å². The normalized spacial score (nSPS) is 43.0. The minimum atomic E-state index is -1.06. The van der Waals surface area contributed by atoms with Crippen LogP contribution in [-0.2, 0) is 9.47 Å². The molecule has 1 aliphatic rings. The van der Waals surface area contributed by atoms with Crippen LogP contribution in [0, 0.1) is 0 Å². The number of aliphatic hydroxyl groups is 3. The number of rotatable bonds is 2. The van der Waals surface area contributed by atoms with Crippen LogP contribution in [0.5, 0.6) is 0 Å². The molecule has 0 spiro atoms. The van der Waals surface area contributed by atoms with E-state index < -0.39 is 24.6 Å². The summed E-state index contributed by atoms with van der Waals surface area (Å²) in [4.78, 5) is 0. The summed E-state index contributed by atoms with van der Waals surface area (Å²) in [7, 11) is 1.43. The van der Waals surface area contributed by atoms with Crippen LogP contribution < -0.4 is 0 Å². The van der Waals surface area contributed by atoms with Crippen LogP contribution in [0.15, 0.2) is 0 Å². The molecule has 1 saturated heterocycles. The maximum absolute atomic E-state index is 9.31. The van der Waals surface area contributed by atoms with Crippen molar-refractivity contribution in [3.8, 4) is 0 Å². The maximum Gasteiger partial charge on any atom is 0.181 e. The minimum Gasteiger partial charge on any atom is -0.394 e. The average molecular weight is 178 g/mol. The van der Waals surface area contributed by atoms with Gasteiger partial charge in [-0.2, -0.15) is 0 Å². The van der Waals surface area contributed by atoms with Crippen molar-refractivity contribution in [2.75, 3.05) is 13.7 Å². The first kappa shape index (κ1) is 9.88. The lowest BCUT2D eigenvalue weighted by atomic mass is 10.0. The SMILES string of the molecule is CO[C@H]1C[C@H](O)[C@@H](CO)O[C@H]1O. The zero-order valence-electron chi connectivity index (χ0n) is 6.88. The monoisotopic (exact) mass is 178 g/mol. The number of ether oxygens (including phenoxy) is 2. The highest BCUT2D eigenvalue weighted by molar-refractivity contribution is 4.80. The lowest BCUT2D eigenvalue weighted by Crippen LogP contribution is -2.49. The Kier molecular flexibility index (Phi) is 3.42. The first-order valence-corrected chi connectivity index (χ1v) is 3.84. The smallest absolute Gasteiger partial charge is 0.181 e. The Labute approximate surface area is 70.5 Å². The fraction of sp³-hybridized carbons (Fsp3) is 1.00. The van der Waals surface area contributed by atoms with Crippen LogP contribution in [0.4, 0.5) is 0 Å². The molecule has 0 aliphatic carbocycles. The van der Waals surface area contributed by atoms with Gasteiger partial charge in [0.1, 0.15) is 12.2 Å². The minimum absolute atomic E-state index is 0.281. The van der Waals surface area contributed by atoms with Crippen LogP contribution in [-0.4, -0.2) is 53.6 Å². The van der Waals surface area contributed by atoms with Crippen LogP contribution in [0.3, 0.4) is 0 Å². The summed E-state index contributed by atoms with van der Waals surface area (Å²) in [5.74, 6) is 0. The van der Waals surface area contributed by atoms with Gasteiger partial charge in [0.2, 0.25) is 0 Å². The van der Waals surface area contributed by atoms with E-state index in [1.807, 2.05) is 0 Å². The highest BCUT2D eigenvalue weighted by Gasteiger charge is 2.35. The molecule has 1 heterocycles. The molecule has 0 aromatic rings. The Morgan fingerprint density at radius 1 is 1.50 bits per heavy atom. The van der Waals surface area contributed by atoms with Crippen molar-refractivity contribution >= 4 is 0 Å². The molecule has 0 aromatic heterocycles. The molecule has 0 unspecified atom stereocenters. The van der Waals surface area contributed by atoms with E-state index in [9.17, 15) is 10.2 Å². The van der Waals surface area contributed by atoms with Gasteiger partial charge >= 0.3 is 0 Å². The molecule has 72 valence electrons. The first-order chi connectivity index (χ1) is 5.69. The third-order valence-corrected chi connectivity index (χ3v) is 2.02. The number of aliphatic hydroxyl groups excluding tert-OH is 3. The van der Waals surface area contributed by atoms with Crippen molar-refractivity contribution in [2.24, 2.45) is 0 Å². The van der Waals surface area contributed by atoms with Crippen molar-refractivity contribution in [1.29, 1.82) is 0 Å². The van der Waals surface area contributed by atoms with Crippen LogP contribution in [0.25, 0.3) is 0 Å². The quantitative estimate of drug-likeness (QED) is 0.477. The Bertz CT molecular complexity index is 124. The molecule has 0 radical (unpaired) electrons. The van der Waals surface area contributed by atoms with Gasteiger partial charge in [0, 0.05) is 13.5 Å². The summed E-state index contributed by atoms with van der Waals surface area (Å²) < 4.78 is 9.73. The van der Waals surface area contributed by atoms with Crippen LogP contribution in [0.1, 0.15) is 6.42 Å². The molecule has 0 amide bonds. The summed E-state index contributed by atoms with van der Waals surface area (Å²) >= 11 is 0. The zero-order chi connectivity index (χ0) is 9.14. The molecule has 3 N–H and O–H groups in total. The molecular formula is C7H14O5. The van der Waals surface area contributed by atoms with Crippen molar-refractivity contribution in [1.82, 2.24) is 0 Å². The highest BCUT2D eigenvalue weighted by Crippen LogP contribution is 2.20. The van der Waals surface area contributed by atoms with Crippen molar-refractivity contribution < 1.29 is 24.8 Å². The predicted molar refractivity (Wildman–Crippen MR) is 39.4 cm³/mol. The third kappa shape index (κ3) is 1.94. The lowest BCUT2D eigenvalue weighted by Gasteiger charge is -2.35. The predicted octanol–water partition coefficient (Wildman–Crippen LogP) is -1.54. The van der Waals surface area contributed by atoms with E-state index in [1.165, 1.54) is 7.11 Å². The number of hydrogen-bond donors (Lipinski definition) is 3. The zero-order valence-corrected chi connectivity index (χ0v) is 6.88. The summed E-state index contributed by atoms with van der Waals surface area (Å²) in [6.07, 6.45) is -2.77. The molecule has 0 aromatic carbocycles. The number of hydrogen-bond acceptors (Lipinski definition) is 5. The van der Waals surface area contributed by atoms with Gasteiger partial charge in [0.05, 0.1) is 12.7 Å². The fourth-order valence-electron chi connectivity index (χ4n) is 1.24. The van der Waals surface area contributed by atoms with Gasteiger partial charge in [-0.25, -0.2) is 0 Å². The second-order valence-electron chi connectivity index (χ2n) is 2.82. The topological polar surface area (TPSA) is 79.2 Å². The Balaban J connectivity index is 2.49. The van der Waals surface area contributed by atoms with E-state index in [-0.39, 0.29) is 13.0 Å². The molecule has 12 heavy (non-hydrogen) atoms. The van der Waals surface area contributed by atoms with Crippen LogP contribution in [0.2, 0.25) is 0 Å². The molecule has 1 rings (SSSR count). The molecule has 0 saturated carbocycles. The van der Waals surface area contributed by atoms with Gasteiger partial charge in [-0.3, -0.25) is 0 Å². The van der Waals surface area contributed by atoms with Gasteiger partial charge in [-0.1, -0.05) is 0 Å². The van der Waals surface area contributed by atoms with Gasteiger partial charge in [-0.05, 0) is 0 Å². The van der Waals surface area contributed by atoms with Crippen molar-refractivity contribution in [3.63, 3.8) is 0 Å². The van der Waals surface area contributed by atoms with E-state index in [4.69, 9.17) is 14.6 Å². The molecule has 1 aliphatic heterocycles. The van der Waals surface area contributed by atoms with Crippen molar-refractivity contribution in [2.45, 2.75) is 31.0 Å². The summed E-state index contributed by atoms with van der Waals surface area (Å²) in [6.45, 7) is -0.297. The van der Waals surface area contributed by atoms with E-state index in [1.54, 1.807) is 0 Å². The molecule has 5 heteroatoms. The van der Waals surface area contributed by atoms with Crippen molar-refractivity contribution in [3.05, 3.63) is 0 Å². The number of methoxy groups -OCH3 is 1. The van der Waals surface area contributed by atoms with Gasteiger partial charge in [-0.15, -0.1) is 0 Å². The molecule has 1 fully saturated rings. The fourth-order valence-corrected chi connectivity index (χ4v) is 1.24. The first-order valence-electron chi connectivity index (χ1n) is 3.84. The molecule has 5 nitrogen and oxygen atoms in total. The Morgan fingerprint density at radius 3 is 2.67 bits per heavy atom. The maximum atomic E-state index is 9.31. The third-order valence-electron chi connectivity index (χ3n) is 2.02. The Hall–Kier alpha value is -0.200. The lowest BCUT2D eigenvalue weighted by molar-refractivity contribution is -0.256. The summed E-state index contributed by atoms with van der Waals surface area (Å²) in [5.41, 5.74) is 0. The standard InChI is InChI=1S/C7H14O5/c1-11-5-2-4(9)6(3-8)12-7(5)10/h4-10H,2-3H2,1H3/t4-,5-,6+,7+/m0/s1. The summed E-state index contributed by atoms with van der Waals surface area (Å²) in [5, 5.41) is 27.2. The van der Waals surface area contributed by atoms with E-state index in [0.717, 1.165) is 0 Å². The van der Waals surface area contributed by atoms with Crippen LogP contribution >= 0.6 is 0 Å².